The van der Waals surface area contributed by atoms with Gasteiger partial charge in [0.2, 0.25) is 0 Å². The molecule has 1 unspecified atom stereocenters. The van der Waals surface area contributed by atoms with E-state index in [9.17, 15) is 4.79 Å². The molecule has 0 aromatic heterocycles. The summed E-state index contributed by atoms with van der Waals surface area (Å²) in [5.41, 5.74) is 6.88. The fourth-order valence-electron chi connectivity index (χ4n) is 1.97. The number of ether oxygens (including phenoxy) is 2. The Morgan fingerprint density at radius 3 is 2.89 bits per heavy atom. The number of nitrogens with two attached hydrogens (primary N) is 1. The first-order valence-corrected chi connectivity index (χ1v) is 6.29. The van der Waals surface area contributed by atoms with Crippen LogP contribution in [0, 0.1) is 5.92 Å². The van der Waals surface area contributed by atoms with Gasteiger partial charge in [0.05, 0.1) is 13.2 Å². The maximum atomic E-state index is 11.7. The van der Waals surface area contributed by atoms with Crippen molar-refractivity contribution < 1.29 is 14.3 Å². The van der Waals surface area contributed by atoms with Gasteiger partial charge < -0.3 is 15.2 Å². The normalized spacial score (nSPS) is 20.6. The van der Waals surface area contributed by atoms with E-state index >= 15 is 0 Å². The van der Waals surface area contributed by atoms with Crippen molar-refractivity contribution in [3.63, 3.8) is 0 Å². The lowest BCUT2D eigenvalue weighted by atomic mass is 10.1. The predicted octanol–water partition coefficient (Wildman–Crippen LogP) is 1.14. The van der Waals surface area contributed by atoms with Crippen LogP contribution < -0.4 is 5.73 Å². The average Bonchev–Trinajstić information content (AvgIpc) is 2.90. The van der Waals surface area contributed by atoms with Crippen LogP contribution in [0.2, 0.25) is 0 Å². The summed E-state index contributed by atoms with van der Waals surface area (Å²) in [4.78, 5) is 11.7. The van der Waals surface area contributed by atoms with Gasteiger partial charge in [-0.05, 0) is 18.4 Å². The fourth-order valence-corrected chi connectivity index (χ4v) is 1.97. The molecule has 1 aliphatic rings. The topological polar surface area (TPSA) is 61.6 Å². The van der Waals surface area contributed by atoms with Gasteiger partial charge >= 0.3 is 5.97 Å². The number of hydrogen-bond acceptors (Lipinski definition) is 4. The lowest BCUT2D eigenvalue weighted by Gasteiger charge is -2.13. The third-order valence-electron chi connectivity index (χ3n) is 3.09. The van der Waals surface area contributed by atoms with Crippen LogP contribution in [-0.4, -0.2) is 31.8 Å². The number of benzene rings is 1. The molecule has 1 aliphatic heterocycles. The minimum atomic E-state index is -0.588. The Hall–Kier alpha value is -1.39. The first kappa shape index (κ1) is 13.1. The van der Waals surface area contributed by atoms with E-state index in [1.165, 1.54) is 0 Å². The molecular formula is C14H19NO3. The van der Waals surface area contributed by atoms with Gasteiger partial charge in [0.25, 0.3) is 0 Å². The third-order valence-corrected chi connectivity index (χ3v) is 3.09. The molecule has 2 rings (SSSR count). The maximum Gasteiger partial charge on any atom is 0.323 e. The van der Waals surface area contributed by atoms with Gasteiger partial charge in [0.15, 0.2) is 0 Å². The molecule has 2 atom stereocenters. The summed E-state index contributed by atoms with van der Waals surface area (Å²) >= 11 is 0. The van der Waals surface area contributed by atoms with E-state index < -0.39 is 6.04 Å². The van der Waals surface area contributed by atoms with E-state index in [1.807, 2.05) is 30.3 Å². The van der Waals surface area contributed by atoms with Crippen LogP contribution in [0.1, 0.15) is 12.0 Å². The van der Waals surface area contributed by atoms with Crippen molar-refractivity contribution in [1.29, 1.82) is 0 Å². The zero-order chi connectivity index (χ0) is 12.8. The second kappa shape index (κ2) is 6.52. The van der Waals surface area contributed by atoms with Gasteiger partial charge in [0.1, 0.15) is 6.04 Å². The second-order valence-corrected chi connectivity index (χ2v) is 4.66. The van der Waals surface area contributed by atoms with Gasteiger partial charge in [-0.1, -0.05) is 30.3 Å². The Kier molecular flexibility index (Phi) is 4.73. The number of esters is 1. The number of hydrogen-bond donors (Lipinski definition) is 1. The Morgan fingerprint density at radius 1 is 1.44 bits per heavy atom. The summed E-state index contributed by atoms with van der Waals surface area (Å²) in [7, 11) is 0. The molecule has 4 nitrogen and oxygen atoms in total. The lowest BCUT2D eigenvalue weighted by Crippen LogP contribution is -2.35. The van der Waals surface area contributed by atoms with Gasteiger partial charge in [-0.2, -0.15) is 0 Å². The zero-order valence-corrected chi connectivity index (χ0v) is 10.4. The van der Waals surface area contributed by atoms with Gasteiger partial charge in [0, 0.05) is 12.5 Å². The molecule has 1 heterocycles. The highest BCUT2D eigenvalue weighted by molar-refractivity contribution is 5.75. The summed E-state index contributed by atoms with van der Waals surface area (Å²) in [6, 6.07) is 9.13. The van der Waals surface area contributed by atoms with E-state index in [0.717, 1.165) is 18.6 Å². The van der Waals surface area contributed by atoms with Crippen molar-refractivity contribution >= 4 is 5.97 Å². The van der Waals surface area contributed by atoms with Crippen LogP contribution in [0.25, 0.3) is 0 Å². The minimum Gasteiger partial charge on any atom is -0.464 e. The molecule has 98 valence electrons. The molecule has 1 fully saturated rings. The van der Waals surface area contributed by atoms with Crippen molar-refractivity contribution in [3.8, 4) is 0 Å². The zero-order valence-electron chi connectivity index (χ0n) is 10.4. The van der Waals surface area contributed by atoms with Crippen LogP contribution in [-0.2, 0) is 20.7 Å². The summed E-state index contributed by atoms with van der Waals surface area (Å²) in [6.07, 6.45) is 1.47. The summed E-state index contributed by atoms with van der Waals surface area (Å²) in [5, 5.41) is 0. The van der Waals surface area contributed by atoms with Crippen LogP contribution in [0.5, 0.6) is 0 Å². The molecule has 0 saturated carbocycles. The van der Waals surface area contributed by atoms with Crippen molar-refractivity contribution in [2.75, 3.05) is 19.8 Å². The molecule has 1 saturated heterocycles. The van der Waals surface area contributed by atoms with Crippen LogP contribution >= 0.6 is 0 Å². The van der Waals surface area contributed by atoms with E-state index in [-0.39, 0.29) is 5.97 Å². The lowest BCUT2D eigenvalue weighted by molar-refractivity contribution is -0.146. The molecular weight excluding hydrogens is 230 g/mol. The highest BCUT2D eigenvalue weighted by Crippen LogP contribution is 2.12. The highest BCUT2D eigenvalue weighted by Gasteiger charge is 2.20. The molecule has 0 amide bonds. The standard InChI is InChI=1S/C14H19NO3/c15-13(8-11-4-2-1-3-5-11)14(16)18-10-12-6-7-17-9-12/h1-5,12-13H,6-10,15H2/t12?,13-/m1/s1. The van der Waals surface area contributed by atoms with Gasteiger partial charge in [-0.3, -0.25) is 4.79 Å². The van der Waals surface area contributed by atoms with E-state index in [4.69, 9.17) is 15.2 Å². The highest BCUT2D eigenvalue weighted by atomic mass is 16.5. The number of carbonyl (C=O) groups is 1. The first-order chi connectivity index (χ1) is 8.75. The van der Waals surface area contributed by atoms with E-state index in [2.05, 4.69) is 0 Å². The SMILES string of the molecule is N[C@H](Cc1ccccc1)C(=O)OCC1CCOC1. The first-order valence-electron chi connectivity index (χ1n) is 6.29. The third kappa shape index (κ3) is 3.82. The average molecular weight is 249 g/mol. The smallest absolute Gasteiger partial charge is 0.323 e. The Bertz CT molecular complexity index is 374. The van der Waals surface area contributed by atoms with Crippen molar-refractivity contribution in [3.05, 3.63) is 35.9 Å². The molecule has 0 radical (unpaired) electrons. The molecule has 0 aliphatic carbocycles. The molecule has 0 spiro atoms. The minimum absolute atomic E-state index is 0.328. The molecule has 1 aromatic rings. The van der Waals surface area contributed by atoms with Crippen LogP contribution in [0.4, 0.5) is 0 Å². The second-order valence-electron chi connectivity index (χ2n) is 4.66. The fraction of sp³-hybridized carbons (Fsp3) is 0.500. The monoisotopic (exact) mass is 249 g/mol. The predicted molar refractivity (Wildman–Crippen MR) is 68.0 cm³/mol. The van der Waals surface area contributed by atoms with E-state index in [0.29, 0.717) is 25.6 Å². The Morgan fingerprint density at radius 2 is 2.22 bits per heavy atom. The Balaban J connectivity index is 1.74. The molecule has 1 aromatic carbocycles. The van der Waals surface area contributed by atoms with Crippen LogP contribution in [0.3, 0.4) is 0 Å². The van der Waals surface area contributed by atoms with Gasteiger partial charge in [-0.15, -0.1) is 0 Å². The summed E-state index contributed by atoms with van der Waals surface area (Å²) in [5.74, 6) is 0.00336. The number of rotatable bonds is 5. The largest absolute Gasteiger partial charge is 0.464 e. The Labute approximate surface area is 107 Å². The maximum absolute atomic E-state index is 11.7. The molecule has 2 N–H and O–H groups in total. The molecule has 0 bridgehead atoms. The van der Waals surface area contributed by atoms with Crippen molar-refractivity contribution in [2.24, 2.45) is 11.7 Å². The van der Waals surface area contributed by atoms with Gasteiger partial charge in [-0.25, -0.2) is 0 Å². The van der Waals surface area contributed by atoms with Crippen molar-refractivity contribution in [1.82, 2.24) is 0 Å². The summed E-state index contributed by atoms with van der Waals surface area (Å²) in [6.45, 7) is 1.86. The molecule has 18 heavy (non-hydrogen) atoms. The summed E-state index contributed by atoms with van der Waals surface area (Å²) < 4.78 is 10.4. The van der Waals surface area contributed by atoms with Crippen molar-refractivity contribution in [2.45, 2.75) is 18.9 Å². The molecule has 4 heteroatoms. The van der Waals surface area contributed by atoms with E-state index in [1.54, 1.807) is 0 Å². The number of carbonyl (C=O) groups excluding carboxylic acids is 1. The van der Waals surface area contributed by atoms with Crippen LogP contribution in [0.15, 0.2) is 30.3 Å². The quantitative estimate of drug-likeness (QED) is 0.795.